The zero-order valence-corrected chi connectivity index (χ0v) is 10.2. The predicted molar refractivity (Wildman–Crippen MR) is 61.8 cm³/mol. The molecule has 6 nitrogen and oxygen atoms in total. The Kier molecular flexibility index (Phi) is 3.43. The molecule has 0 saturated carbocycles. The molecule has 1 aromatic carbocycles. The molecule has 0 spiro atoms. The second-order valence-corrected chi connectivity index (χ2v) is 3.45. The first kappa shape index (κ1) is 11.7. The summed E-state index contributed by atoms with van der Waals surface area (Å²) in [5, 5.41) is 11.3. The molecule has 0 amide bonds. The summed E-state index contributed by atoms with van der Waals surface area (Å²) < 4.78 is 11.9. The van der Waals surface area contributed by atoms with Crippen LogP contribution in [0.4, 0.5) is 0 Å². The van der Waals surface area contributed by atoms with E-state index >= 15 is 0 Å². The molecule has 0 saturated heterocycles. The van der Waals surface area contributed by atoms with Crippen LogP contribution in [0.3, 0.4) is 0 Å². The third-order valence-electron chi connectivity index (χ3n) is 2.27. The zero-order chi connectivity index (χ0) is 12.3. The van der Waals surface area contributed by atoms with Crippen LogP contribution in [-0.2, 0) is 5.88 Å². The molecule has 0 aliphatic carbocycles. The van der Waals surface area contributed by atoms with Crippen molar-refractivity contribution >= 4 is 11.6 Å². The summed E-state index contributed by atoms with van der Waals surface area (Å²) in [5.41, 5.74) is 0.717. The van der Waals surface area contributed by atoms with E-state index in [1.165, 1.54) is 4.68 Å². The minimum Gasteiger partial charge on any atom is -0.497 e. The average Bonchev–Trinajstić information content (AvgIpc) is 2.85. The monoisotopic (exact) mass is 254 g/mol. The molecule has 2 rings (SSSR count). The molecular formula is C10H11ClN4O2. The second kappa shape index (κ2) is 5.01. The van der Waals surface area contributed by atoms with E-state index in [0.29, 0.717) is 23.0 Å². The molecule has 0 unspecified atom stereocenters. The molecule has 0 radical (unpaired) electrons. The molecule has 0 aliphatic heterocycles. The van der Waals surface area contributed by atoms with Crippen molar-refractivity contribution in [3.63, 3.8) is 0 Å². The fourth-order valence-corrected chi connectivity index (χ4v) is 1.60. The van der Waals surface area contributed by atoms with Gasteiger partial charge in [0.05, 0.1) is 20.1 Å². The van der Waals surface area contributed by atoms with Crippen LogP contribution in [0.5, 0.6) is 11.5 Å². The Morgan fingerprint density at radius 1 is 1.29 bits per heavy atom. The minimum absolute atomic E-state index is 0.224. The number of ether oxygens (including phenoxy) is 2. The van der Waals surface area contributed by atoms with Gasteiger partial charge in [0.25, 0.3) is 0 Å². The number of methoxy groups -OCH3 is 2. The number of nitrogens with zero attached hydrogens (tertiary/aromatic N) is 4. The van der Waals surface area contributed by atoms with Crippen LogP contribution in [0.2, 0.25) is 0 Å². The lowest BCUT2D eigenvalue weighted by molar-refractivity contribution is 0.392. The number of halogens is 1. The van der Waals surface area contributed by atoms with Gasteiger partial charge in [0, 0.05) is 6.07 Å². The van der Waals surface area contributed by atoms with E-state index < -0.39 is 0 Å². The van der Waals surface area contributed by atoms with Crippen molar-refractivity contribution in [2.75, 3.05) is 14.2 Å². The fourth-order valence-electron chi connectivity index (χ4n) is 1.44. The highest BCUT2D eigenvalue weighted by atomic mass is 35.5. The molecule has 1 heterocycles. The summed E-state index contributed by atoms with van der Waals surface area (Å²) >= 11 is 5.75. The van der Waals surface area contributed by atoms with Crippen molar-refractivity contribution in [2.45, 2.75) is 5.88 Å². The van der Waals surface area contributed by atoms with Crippen LogP contribution >= 0.6 is 11.6 Å². The van der Waals surface area contributed by atoms with Crippen LogP contribution in [0.1, 0.15) is 5.82 Å². The second-order valence-electron chi connectivity index (χ2n) is 3.18. The summed E-state index contributed by atoms with van der Waals surface area (Å²) in [6, 6.07) is 5.37. The van der Waals surface area contributed by atoms with E-state index in [9.17, 15) is 0 Å². The lowest BCUT2D eigenvalue weighted by atomic mass is 10.2. The standard InChI is InChI=1S/C10H11ClN4O2/c1-16-7-3-4-8(9(5-7)17-2)15-10(6-11)12-13-14-15/h3-5H,6H2,1-2H3. The first-order valence-corrected chi connectivity index (χ1v) is 5.39. The number of hydrogen-bond donors (Lipinski definition) is 0. The lowest BCUT2D eigenvalue weighted by Crippen LogP contribution is -2.04. The maximum atomic E-state index is 5.75. The Labute approximate surface area is 103 Å². The molecule has 90 valence electrons. The molecular weight excluding hydrogens is 244 g/mol. The van der Waals surface area contributed by atoms with E-state index in [1.807, 2.05) is 6.07 Å². The number of aromatic nitrogens is 4. The summed E-state index contributed by atoms with van der Waals surface area (Å²) in [7, 11) is 3.17. The van der Waals surface area contributed by atoms with Gasteiger partial charge in [-0.25, -0.2) is 0 Å². The van der Waals surface area contributed by atoms with Gasteiger partial charge in [0.15, 0.2) is 5.82 Å². The van der Waals surface area contributed by atoms with Crippen LogP contribution in [-0.4, -0.2) is 34.4 Å². The Bertz CT molecular complexity index is 515. The topological polar surface area (TPSA) is 62.1 Å². The van der Waals surface area contributed by atoms with Gasteiger partial charge in [-0.3, -0.25) is 0 Å². The van der Waals surface area contributed by atoms with Crippen molar-refractivity contribution in [1.82, 2.24) is 20.2 Å². The van der Waals surface area contributed by atoms with Gasteiger partial charge < -0.3 is 9.47 Å². The van der Waals surface area contributed by atoms with Crippen molar-refractivity contribution in [1.29, 1.82) is 0 Å². The van der Waals surface area contributed by atoms with E-state index in [4.69, 9.17) is 21.1 Å². The molecule has 0 atom stereocenters. The highest BCUT2D eigenvalue weighted by molar-refractivity contribution is 6.16. The smallest absolute Gasteiger partial charge is 0.171 e. The van der Waals surface area contributed by atoms with Gasteiger partial charge in [-0.15, -0.1) is 16.7 Å². The van der Waals surface area contributed by atoms with Crippen molar-refractivity contribution in [3.05, 3.63) is 24.0 Å². The first-order chi connectivity index (χ1) is 8.30. The quantitative estimate of drug-likeness (QED) is 0.772. The molecule has 0 N–H and O–H groups in total. The SMILES string of the molecule is COc1ccc(-n2nnnc2CCl)c(OC)c1. The van der Waals surface area contributed by atoms with Gasteiger partial charge in [0.2, 0.25) is 0 Å². The van der Waals surface area contributed by atoms with Crippen LogP contribution in [0.25, 0.3) is 5.69 Å². The van der Waals surface area contributed by atoms with E-state index in [1.54, 1.807) is 26.4 Å². The van der Waals surface area contributed by atoms with E-state index in [-0.39, 0.29) is 5.88 Å². The van der Waals surface area contributed by atoms with Crippen molar-refractivity contribution < 1.29 is 9.47 Å². The molecule has 7 heteroatoms. The van der Waals surface area contributed by atoms with Crippen LogP contribution in [0.15, 0.2) is 18.2 Å². The molecule has 0 bridgehead atoms. The summed E-state index contributed by atoms with van der Waals surface area (Å²) in [4.78, 5) is 0. The number of benzene rings is 1. The Balaban J connectivity index is 2.51. The lowest BCUT2D eigenvalue weighted by Gasteiger charge is -2.10. The molecule has 0 aliphatic rings. The Hall–Kier alpha value is -1.82. The van der Waals surface area contributed by atoms with Crippen LogP contribution in [0, 0.1) is 0 Å². The van der Waals surface area contributed by atoms with Crippen LogP contribution < -0.4 is 9.47 Å². The minimum atomic E-state index is 0.224. The third kappa shape index (κ3) is 2.16. The molecule has 17 heavy (non-hydrogen) atoms. The number of hydrogen-bond acceptors (Lipinski definition) is 5. The highest BCUT2D eigenvalue weighted by Gasteiger charge is 2.12. The largest absolute Gasteiger partial charge is 0.497 e. The maximum absolute atomic E-state index is 5.75. The molecule has 2 aromatic rings. The Morgan fingerprint density at radius 2 is 2.12 bits per heavy atom. The first-order valence-electron chi connectivity index (χ1n) is 4.85. The highest BCUT2D eigenvalue weighted by Crippen LogP contribution is 2.27. The number of rotatable bonds is 4. The molecule has 1 aromatic heterocycles. The fraction of sp³-hybridized carbons (Fsp3) is 0.300. The summed E-state index contributed by atoms with van der Waals surface area (Å²) in [6.45, 7) is 0. The summed E-state index contributed by atoms with van der Waals surface area (Å²) in [6.07, 6.45) is 0. The van der Waals surface area contributed by atoms with Gasteiger partial charge in [-0.2, -0.15) is 4.68 Å². The predicted octanol–water partition coefficient (Wildman–Crippen LogP) is 1.42. The van der Waals surface area contributed by atoms with Gasteiger partial charge in [-0.05, 0) is 22.6 Å². The number of tetrazole rings is 1. The summed E-state index contributed by atoms with van der Waals surface area (Å²) in [5.74, 6) is 2.09. The third-order valence-corrected chi connectivity index (χ3v) is 2.51. The maximum Gasteiger partial charge on any atom is 0.171 e. The Morgan fingerprint density at radius 3 is 2.76 bits per heavy atom. The van der Waals surface area contributed by atoms with Crippen molar-refractivity contribution in [2.24, 2.45) is 0 Å². The van der Waals surface area contributed by atoms with Gasteiger partial charge in [0.1, 0.15) is 17.2 Å². The van der Waals surface area contributed by atoms with Gasteiger partial charge in [-0.1, -0.05) is 0 Å². The van der Waals surface area contributed by atoms with Crippen molar-refractivity contribution in [3.8, 4) is 17.2 Å². The van der Waals surface area contributed by atoms with E-state index in [0.717, 1.165) is 0 Å². The normalized spacial score (nSPS) is 10.3. The van der Waals surface area contributed by atoms with E-state index in [2.05, 4.69) is 15.5 Å². The average molecular weight is 255 g/mol. The van der Waals surface area contributed by atoms with Gasteiger partial charge >= 0.3 is 0 Å². The zero-order valence-electron chi connectivity index (χ0n) is 9.42. The number of alkyl halides is 1. The molecule has 0 fully saturated rings.